The fourth-order valence-corrected chi connectivity index (χ4v) is 5.10. The number of sulfonamides is 1. The molecule has 0 atom stereocenters. The Bertz CT molecular complexity index is 1100. The number of rotatable bonds is 7. The van der Waals surface area contributed by atoms with Gasteiger partial charge in [0.05, 0.1) is 10.4 Å². The van der Waals surface area contributed by atoms with Gasteiger partial charge in [-0.15, -0.1) is 0 Å². The average Bonchev–Trinajstić information content (AvgIpc) is 2.78. The molecule has 3 aromatic rings. The number of nitrogens with one attached hydrogen (secondary N) is 2. The van der Waals surface area contributed by atoms with Gasteiger partial charge in [0.25, 0.3) is 0 Å². The third-order valence-electron chi connectivity index (χ3n) is 5.76. The number of para-hydroxylation sites is 1. The first kappa shape index (κ1) is 20.6. The van der Waals surface area contributed by atoms with Gasteiger partial charge in [-0.05, 0) is 61.8 Å². The summed E-state index contributed by atoms with van der Waals surface area (Å²) in [6.45, 7) is 1.28. The van der Waals surface area contributed by atoms with E-state index in [0.29, 0.717) is 35.0 Å². The molecule has 2 aromatic carbocycles. The van der Waals surface area contributed by atoms with Crippen molar-refractivity contribution in [1.82, 2.24) is 14.7 Å². The highest BCUT2D eigenvalue weighted by atomic mass is 32.2. The molecular weight excluding hydrogens is 398 g/mol. The molecule has 1 aliphatic rings. The fourth-order valence-electron chi connectivity index (χ4n) is 3.97. The van der Waals surface area contributed by atoms with Crippen LogP contribution in [0.25, 0.3) is 10.9 Å². The normalized spacial score (nSPS) is 19.6. The highest BCUT2D eigenvalue weighted by Crippen LogP contribution is 2.29. The third kappa shape index (κ3) is 4.88. The van der Waals surface area contributed by atoms with E-state index in [0.717, 1.165) is 43.1 Å². The lowest BCUT2D eigenvalue weighted by molar-refractivity contribution is 0.284. The van der Waals surface area contributed by atoms with E-state index in [1.54, 1.807) is 24.3 Å². The first-order valence-electron chi connectivity index (χ1n) is 10.3. The summed E-state index contributed by atoms with van der Waals surface area (Å²) in [7, 11) is -3.43. The van der Waals surface area contributed by atoms with Crippen molar-refractivity contribution in [2.45, 2.75) is 30.6 Å². The van der Waals surface area contributed by atoms with Gasteiger partial charge in [0.15, 0.2) is 0 Å². The van der Waals surface area contributed by atoms with Gasteiger partial charge in [0.2, 0.25) is 16.0 Å². The van der Waals surface area contributed by atoms with Gasteiger partial charge in [-0.2, -0.15) is 4.98 Å². The molecule has 1 aliphatic carbocycles. The average molecular weight is 426 g/mol. The molecule has 7 nitrogen and oxygen atoms in total. The number of aromatic nitrogens is 2. The lowest BCUT2D eigenvalue weighted by atomic mass is 9.82. The Kier molecular flexibility index (Phi) is 6.15. The Labute approximate surface area is 177 Å². The summed E-state index contributed by atoms with van der Waals surface area (Å²) in [5.41, 5.74) is 6.88. The maximum atomic E-state index is 12.4. The molecule has 0 saturated heterocycles. The smallest absolute Gasteiger partial charge is 0.240 e. The van der Waals surface area contributed by atoms with Crippen molar-refractivity contribution in [2.75, 3.05) is 24.1 Å². The van der Waals surface area contributed by atoms with Crippen molar-refractivity contribution < 1.29 is 8.42 Å². The zero-order chi connectivity index (χ0) is 21.0. The molecule has 0 radical (unpaired) electrons. The van der Waals surface area contributed by atoms with Crippen LogP contribution >= 0.6 is 0 Å². The van der Waals surface area contributed by atoms with Crippen LogP contribution in [0.3, 0.4) is 0 Å². The zero-order valence-electron chi connectivity index (χ0n) is 16.8. The van der Waals surface area contributed by atoms with Crippen LogP contribution in [-0.2, 0) is 10.0 Å². The van der Waals surface area contributed by atoms with Crippen molar-refractivity contribution >= 4 is 32.7 Å². The first-order chi connectivity index (χ1) is 14.5. The van der Waals surface area contributed by atoms with Crippen LogP contribution in [0.15, 0.2) is 59.5 Å². The number of anilines is 2. The SMILES string of the molecule is Nc1nc(NCC2CCC(CNS(=O)(=O)c3ccccc3)CC2)nc2ccccc12. The maximum Gasteiger partial charge on any atom is 0.240 e. The van der Waals surface area contributed by atoms with Crippen LogP contribution in [0.4, 0.5) is 11.8 Å². The molecule has 0 bridgehead atoms. The zero-order valence-corrected chi connectivity index (χ0v) is 17.6. The number of benzene rings is 2. The summed E-state index contributed by atoms with van der Waals surface area (Å²) in [6, 6.07) is 16.2. The van der Waals surface area contributed by atoms with Crippen molar-refractivity contribution in [2.24, 2.45) is 11.8 Å². The second kappa shape index (κ2) is 8.97. The number of nitrogens with two attached hydrogens (primary N) is 1. The molecule has 0 spiro atoms. The monoisotopic (exact) mass is 425 g/mol. The van der Waals surface area contributed by atoms with E-state index < -0.39 is 10.0 Å². The van der Waals surface area contributed by atoms with Gasteiger partial charge < -0.3 is 11.1 Å². The largest absolute Gasteiger partial charge is 0.383 e. The number of nitrogen functional groups attached to an aromatic ring is 1. The molecular formula is C22H27N5O2S. The van der Waals surface area contributed by atoms with E-state index in [1.807, 2.05) is 30.3 Å². The molecule has 1 saturated carbocycles. The van der Waals surface area contributed by atoms with E-state index in [9.17, 15) is 8.42 Å². The highest BCUT2D eigenvalue weighted by molar-refractivity contribution is 7.89. The number of fused-ring (bicyclic) bond motifs is 1. The Hall–Kier alpha value is -2.71. The molecule has 1 fully saturated rings. The molecule has 0 unspecified atom stereocenters. The maximum absolute atomic E-state index is 12.4. The predicted molar refractivity (Wildman–Crippen MR) is 120 cm³/mol. The quantitative estimate of drug-likeness (QED) is 0.535. The van der Waals surface area contributed by atoms with Crippen molar-refractivity contribution in [3.05, 3.63) is 54.6 Å². The van der Waals surface area contributed by atoms with Gasteiger partial charge in [-0.25, -0.2) is 18.1 Å². The number of hydrogen-bond donors (Lipinski definition) is 3. The Morgan fingerprint density at radius 3 is 2.23 bits per heavy atom. The summed E-state index contributed by atoms with van der Waals surface area (Å²) >= 11 is 0. The topological polar surface area (TPSA) is 110 Å². The highest BCUT2D eigenvalue weighted by Gasteiger charge is 2.23. The van der Waals surface area contributed by atoms with Crippen LogP contribution in [0.1, 0.15) is 25.7 Å². The fraction of sp³-hybridized carbons (Fsp3) is 0.364. The van der Waals surface area contributed by atoms with E-state index in [4.69, 9.17) is 5.73 Å². The van der Waals surface area contributed by atoms with Gasteiger partial charge in [-0.1, -0.05) is 30.3 Å². The molecule has 4 rings (SSSR count). The third-order valence-corrected chi connectivity index (χ3v) is 7.20. The molecule has 0 amide bonds. The van der Waals surface area contributed by atoms with Crippen LogP contribution in [0.5, 0.6) is 0 Å². The summed E-state index contributed by atoms with van der Waals surface area (Å²) in [4.78, 5) is 9.22. The summed E-state index contributed by atoms with van der Waals surface area (Å²) in [5, 5.41) is 4.19. The first-order valence-corrected chi connectivity index (χ1v) is 11.8. The Balaban J connectivity index is 1.25. The second-order valence-electron chi connectivity index (χ2n) is 7.88. The molecule has 30 heavy (non-hydrogen) atoms. The van der Waals surface area contributed by atoms with Gasteiger partial charge in [0, 0.05) is 18.5 Å². The summed E-state index contributed by atoms with van der Waals surface area (Å²) in [5.74, 6) is 1.93. The van der Waals surface area contributed by atoms with Gasteiger partial charge >= 0.3 is 0 Å². The second-order valence-corrected chi connectivity index (χ2v) is 9.65. The predicted octanol–water partition coefficient (Wildman–Crippen LogP) is 3.41. The standard InChI is InChI=1S/C22H27N5O2S/c23-21-19-8-4-5-9-20(19)26-22(27-21)24-14-16-10-12-17(13-11-16)15-25-30(28,29)18-6-2-1-3-7-18/h1-9,16-17,25H,10-15H2,(H3,23,24,26,27). The lowest BCUT2D eigenvalue weighted by Crippen LogP contribution is -2.32. The van der Waals surface area contributed by atoms with Crippen LogP contribution in [0, 0.1) is 11.8 Å². The van der Waals surface area contributed by atoms with Crippen molar-refractivity contribution in [3.63, 3.8) is 0 Å². The van der Waals surface area contributed by atoms with Crippen molar-refractivity contribution in [3.8, 4) is 0 Å². The van der Waals surface area contributed by atoms with Crippen LogP contribution < -0.4 is 15.8 Å². The molecule has 1 heterocycles. The summed E-state index contributed by atoms with van der Waals surface area (Å²) < 4.78 is 27.5. The van der Waals surface area contributed by atoms with E-state index in [1.165, 1.54) is 0 Å². The number of hydrogen-bond acceptors (Lipinski definition) is 6. The molecule has 158 valence electrons. The molecule has 8 heteroatoms. The van der Waals surface area contributed by atoms with Gasteiger partial charge in [-0.3, -0.25) is 0 Å². The van der Waals surface area contributed by atoms with Crippen molar-refractivity contribution in [1.29, 1.82) is 0 Å². The lowest BCUT2D eigenvalue weighted by Gasteiger charge is -2.28. The minimum Gasteiger partial charge on any atom is -0.383 e. The van der Waals surface area contributed by atoms with E-state index in [-0.39, 0.29) is 0 Å². The van der Waals surface area contributed by atoms with E-state index >= 15 is 0 Å². The summed E-state index contributed by atoms with van der Waals surface area (Å²) in [6.07, 6.45) is 4.11. The molecule has 0 aliphatic heterocycles. The van der Waals surface area contributed by atoms with Crippen LogP contribution in [0.2, 0.25) is 0 Å². The van der Waals surface area contributed by atoms with E-state index in [2.05, 4.69) is 20.0 Å². The Morgan fingerprint density at radius 2 is 1.50 bits per heavy atom. The molecule has 4 N–H and O–H groups in total. The van der Waals surface area contributed by atoms with Gasteiger partial charge in [0.1, 0.15) is 5.82 Å². The Morgan fingerprint density at radius 1 is 0.867 bits per heavy atom. The minimum absolute atomic E-state index is 0.317. The molecule has 1 aromatic heterocycles. The minimum atomic E-state index is -3.43. The van der Waals surface area contributed by atoms with Crippen LogP contribution in [-0.4, -0.2) is 31.5 Å². The number of nitrogens with zero attached hydrogens (tertiary/aromatic N) is 2.